The van der Waals surface area contributed by atoms with Gasteiger partial charge in [0.15, 0.2) is 6.10 Å². The highest BCUT2D eigenvalue weighted by Gasteiger charge is 2.36. The highest BCUT2D eigenvalue weighted by Crippen LogP contribution is 2.20. The van der Waals surface area contributed by atoms with E-state index in [-0.39, 0.29) is 16.9 Å². The Kier molecular flexibility index (Phi) is 5.88. The van der Waals surface area contributed by atoms with Crippen LogP contribution in [0.25, 0.3) is 0 Å². The Hall–Kier alpha value is -2.14. The van der Waals surface area contributed by atoms with Crippen LogP contribution in [0.15, 0.2) is 0 Å². The zero-order chi connectivity index (χ0) is 16.9. The van der Waals surface area contributed by atoms with Gasteiger partial charge < -0.3 is 19.5 Å². The second-order valence-electron chi connectivity index (χ2n) is 5.97. The van der Waals surface area contributed by atoms with Crippen molar-refractivity contribution in [2.45, 2.75) is 38.3 Å². The number of carboxylic acids is 1. The number of nitrogens with zero attached hydrogens (tertiary/aromatic N) is 3. The number of amides is 1. The summed E-state index contributed by atoms with van der Waals surface area (Å²) < 4.78 is 5.08. The molecule has 0 N–H and O–H groups in total. The van der Waals surface area contributed by atoms with Gasteiger partial charge in [-0.05, 0) is 12.8 Å². The van der Waals surface area contributed by atoms with Crippen LogP contribution in [0.3, 0.4) is 0 Å². The Bertz CT molecular complexity index is 497. The molecule has 0 aromatic carbocycles. The van der Waals surface area contributed by atoms with E-state index in [0.29, 0.717) is 19.4 Å². The van der Waals surface area contributed by atoms with Gasteiger partial charge in [0.05, 0.1) is 14.1 Å². The van der Waals surface area contributed by atoms with Gasteiger partial charge in [0, 0.05) is 25.9 Å². The van der Waals surface area contributed by atoms with E-state index in [9.17, 15) is 19.5 Å². The Morgan fingerprint density at radius 2 is 2.09 bits per heavy atom. The van der Waals surface area contributed by atoms with Crippen LogP contribution < -0.4 is 5.11 Å². The number of hydrogen-bond acceptors (Lipinski definition) is 6. The van der Waals surface area contributed by atoms with Crippen molar-refractivity contribution in [3.8, 4) is 6.19 Å². The fourth-order valence-electron chi connectivity index (χ4n) is 2.51. The minimum atomic E-state index is -1.36. The molecule has 22 heavy (non-hydrogen) atoms. The molecule has 1 saturated heterocycles. The fourth-order valence-corrected chi connectivity index (χ4v) is 2.51. The normalized spacial score (nSPS) is 19.4. The Balaban J connectivity index is 2.76. The van der Waals surface area contributed by atoms with Gasteiger partial charge in [-0.15, -0.1) is 5.26 Å². The molecule has 0 spiro atoms. The lowest BCUT2D eigenvalue weighted by Crippen LogP contribution is -2.47. The van der Waals surface area contributed by atoms with E-state index in [4.69, 9.17) is 10.00 Å². The summed E-state index contributed by atoms with van der Waals surface area (Å²) in [6, 6.07) is -0.681. The molecule has 0 aromatic rings. The molecule has 0 radical (unpaired) electrons. The molecular weight excluding hydrogens is 290 g/mol. The minimum Gasteiger partial charge on any atom is -0.550 e. The Morgan fingerprint density at radius 1 is 1.45 bits per heavy atom. The first-order chi connectivity index (χ1) is 10.2. The van der Waals surface area contributed by atoms with Crippen molar-refractivity contribution in [3.05, 3.63) is 0 Å². The molecular formula is C14H21N3O5. The molecule has 1 aliphatic rings. The third-order valence-electron chi connectivity index (χ3n) is 3.54. The van der Waals surface area contributed by atoms with Crippen molar-refractivity contribution in [2.75, 3.05) is 27.2 Å². The maximum absolute atomic E-state index is 12.2. The first-order valence-corrected chi connectivity index (χ1v) is 7.08. The van der Waals surface area contributed by atoms with Crippen LogP contribution in [0.4, 0.5) is 0 Å². The Labute approximate surface area is 129 Å². The number of likely N-dealkylation sites (tertiary alicyclic amines) is 1. The lowest BCUT2D eigenvalue weighted by Gasteiger charge is -2.28. The molecule has 8 nitrogen and oxygen atoms in total. The molecule has 1 aliphatic heterocycles. The van der Waals surface area contributed by atoms with E-state index in [0.717, 1.165) is 0 Å². The molecule has 0 aromatic heterocycles. The number of esters is 1. The van der Waals surface area contributed by atoms with Gasteiger partial charge in [-0.2, -0.15) is 0 Å². The number of carboxylic acid groups (broad SMARTS) is 1. The molecule has 122 valence electrons. The summed E-state index contributed by atoms with van der Waals surface area (Å²) in [6.07, 6.45) is 1.72. The molecule has 0 bridgehead atoms. The van der Waals surface area contributed by atoms with Crippen LogP contribution in [0.2, 0.25) is 0 Å². The highest BCUT2D eigenvalue weighted by atomic mass is 16.5. The van der Waals surface area contributed by atoms with Gasteiger partial charge in [-0.3, -0.25) is 4.79 Å². The first-order valence-electron chi connectivity index (χ1n) is 7.08. The summed E-state index contributed by atoms with van der Waals surface area (Å²) in [5.41, 5.74) is 0. The largest absolute Gasteiger partial charge is 0.550 e. The van der Waals surface area contributed by atoms with E-state index in [2.05, 4.69) is 0 Å². The van der Waals surface area contributed by atoms with E-state index in [1.165, 1.54) is 11.8 Å². The first kappa shape index (κ1) is 17.9. The number of nitriles is 1. The van der Waals surface area contributed by atoms with Crippen molar-refractivity contribution in [1.82, 2.24) is 4.90 Å². The molecule has 1 amide bonds. The van der Waals surface area contributed by atoms with Crippen molar-refractivity contribution < 1.29 is 28.7 Å². The Morgan fingerprint density at radius 3 is 2.59 bits per heavy atom. The van der Waals surface area contributed by atoms with Gasteiger partial charge in [-0.1, -0.05) is 0 Å². The molecule has 2 atom stereocenters. The lowest BCUT2D eigenvalue weighted by atomic mass is 10.2. The minimum absolute atomic E-state index is 0.0308. The summed E-state index contributed by atoms with van der Waals surface area (Å²) in [5, 5.41) is 19.8. The molecule has 1 heterocycles. The molecule has 0 aliphatic carbocycles. The highest BCUT2D eigenvalue weighted by molar-refractivity contribution is 5.84. The third kappa shape index (κ3) is 5.00. The summed E-state index contributed by atoms with van der Waals surface area (Å²) >= 11 is 0. The van der Waals surface area contributed by atoms with Crippen LogP contribution in [-0.4, -0.2) is 66.6 Å². The number of quaternary nitrogens is 1. The summed E-state index contributed by atoms with van der Waals surface area (Å²) in [7, 11) is 3.15. The number of likely N-dealkylation sites (N-methyl/N-ethyl adjacent to an activating group) is 1. The van der Waals surface area contributed by atoms with Crippen LogP contribution >= 0.6 is 0 Å². The van der Waals surface area contributed by atoms with E-state index < -0.39 is 30.5 Å². The number of ether oxygens (including phenoxy) is 1. The number of rotatable bonds is 6. The van der Waals surface area contributed by atoms with E-state index in [1.54, 1.807) is 14.1 Å². The number of aliphatic carboxylic acids is 1. The average Bonchev–Trinajstić information content (AvgIpc) is 2.86. The lowest BCUT2D eigenvalue weighted by molar-refractivity contribution is -0.828. The van der Waals surface area contributed by atoms with Crippen LogP contribution in [0.5, 0.6) is 0 Å². The third-order valence-corrected chi connectivity index (χ3v) is 3.54. The quantitative estimate of drug-likeness (QED) is 0.339. The van der Waals surface area contributed by atoms with Gasteiger partial charge in [0.1, 0.15) is 12.6 Å². The summed E-state index contributed by atoms with van der Waals surface area (Å²) in [4.78, 5) is 35.9. The monoisotopic (exact) mass is 311 g/mol. The fraction of sp³-hybridized carbons (Fsp3) is 0.714. The molecule has 1 rings (SSSR count). The van der Waals surface area contributed by atoms with Gasteiger partial charge in [0.2, 0.25) is 5.91 Å². The average molecular weight is 311 g/mol. The van der Waals surface area contributed by atoms with Crippen molar-refractivity contribution >= 4 is 17.8 Å². The second kappa shape index (κ2) is 7.22. The maximum atomic E-state index is 12.2. The van der Waals surface area contributed by atoms with Crippen molar-refractivity contribution in [1.29, 1.82) is 5.26 Å². The molecule has 1 unspecified atom stereocenters. The topological polar surface area (TPSA) is 111 Å². The molecule has 0 saturated carbocycles. The predicted octanol–water partition coefficient (Wildman–Crippen LogP) is -1.39. The molecule has 1 fully saturated rings. The van der Waals surface area contributed by atoms with E-state index >= 15 is 0 Å². The van der Waals surface area contributed by atoms with Crippen LogP contribution in [-0.2, 0) is 19.1 Å². The SMILES string of the molecule is CC(=O)N1CCC[C@H]1C(=O)OC(CC(=O)[O-])C[N+](C)(C)C#N. The smallest absolute Gasteiger partial charge is 0.329 e. The number of carbonyl (C=O) groups excluding carboxylic acids is 3. The van der Waals surface area contributed by atoms with Gasteiger partial charge in [0.25, 0.3) is 0 Å². The van der Waals surface area contributed by atoms with Crippen LogP contribution in [0.1, 0.15) is 26.2 Å². The van der Waals surface area contributed by atoms with Crippen molar-refractivity contribution in [3.63, 3.8) is 0 Å². The number of carbonyl (C=O) groups is 3. The molecule has 8 heteroatoms. The van der Waals surface area contributed by atoms with Gasteiger partial charge >= 0.3 is 12.2 Å². The second-order valence-corrected chi connectivity index (χ2v) is 5.97. The number of hydrogen-bond donors (Lipinski definition) is 0. The summed E-state index contributed by atoms with van der Waals surface area (Å²) in [5.74, 6) is -2.20. The zero-order valence-electron chi connectivity index (χ0n) is 13.1. The van der Waals surface area contributed by atoms with E-state index in [1.807, 2.05) is 6.19 Å². The van der Waals surface area contributed by atoms with Crippen molar-refractivity contribution in [2.24, 2.45) is 0 Å². The maximum Gasteiger partial charge on any atom is 0.329 e. The van der Waals surface area contributed by atoms with Crippen LogP contribution in [0, 0.1) is 11.5 Å². The van der Waals surface area contributed by atoms with Gasteiger partial charge in [-0.25, -0.2) is 9.28 Å². The zero-order valence-corrected chi connectivity index (χ0v) is 13.1. The predicted molar refractivity (Wildman–Crippen MR) is 72.5 cm³/mol. The standard InChI is InChI=1S/C14H21N3O5/c1-10(18)16-6-4-5-12(16)14(21)22-11(7-13(19)20)8-17(2,3)9-15/h11-12H,4-8H2,1-3H3/t11?,12-/m0/s1. The summed E-state index contributed by atoms with van der Waals surface area (Å²) in [6.45, 7) is 1.89.